The van der Waals surface area contributed by atoms with Gasteiger partial charge >= 0.3 is 0 Å². The SMILES string of the molecule is CCC(=O)Nc1ccc(N2CC[C@H](N)C2=O)c(F)c1. The third-order valence-corrected chi connectivity index (χ3v) is 3.09. The van der Waals surface area contributed by atoms with Crippen LogP contribution in [0.3, 0.4) is 0 Å². The van der Waals surface area contributed by atoms with E-state index in [1.165, 1.54) is 17.0 Å². The molecule has 102 valence electrons. The Balaban J connectivity index is 2.20. The molecule has 0 unspecified atom stereocenters. The van der Waals surface area contributed by atoms with Crippen LogP contribution in [-0.4, -0.2) is 24.4 Å². The van der Waals surface area contributed by atoms with Gasteiger partial charge in [0.05, 0.1) is 11.7 Å². The van der Waals surface area contributed by atoms with Crippen LogP contribution < -0.4 is 16.0 Å². The van der Waals surface area contributed by atoms with Crippen LogP contribution >= 0.6 is 0 Å². The number of hydrogen-bond donors (Lipinski definition) is 2. The first-order valence-electron chi connectivity index (χ1n) is 6.19. The molecule has 5 nitrogen and oxygen atoms in total. The molecule has 2 amide bonds. The summed E-state index contributed by atoms with van der Waals surface area (Å²) in [6.07, 6.45) is 0.843. The highest BCUT2D eigenvalue weighted by molar-refractivity contribution is 5.99. The van der Waals surface area contributed by atoms with Crippen molar-refractivity contribution in [3.8, 4) is 0 Å². The van der Waals surface area contributed by atoms with Crippen molar-refractivity contribution in [2.24, 2.45) is 5.73 Å². The van der Waals surface area contributed by atoms with E-state index in [1.807, 2.05) is 0 Å². The fraction of sp³-hybridized carbons (Fsp3) is 0.385. The van der Waals surface area contributed by atoms with Crippen molar-refractivity contribution in [1.29, 1.82) is 0 Å². The predicted molar refractivity (Wildman–Crippen MR) is 70.3 cm³/mol. The highest BCUT2D eigenvalue weighted by atomic mass is 19.1. The first kappa shape index (κ1) is 13.5. The molecule has 1 aliphatic rings. The number of nitrogens with one attached hydrogen (secondary N) is 1. The van der Waals surface area contributed by atoms with Crippen molar-refractivity contribution in [2.45, 2.75) is 25.8 Å². The minimum absolute atomic E-state index is 0.188. The average Bonchev–Trinajstić information content (AvgIpc) is 2.70. The Bertz CT molecular complexity index is 519. The Morgan fingerprint density at radius 3 is 2.84 bits per heavy atom. The van der Waals surface area contributed by atoms with E-state index >= 15 is 0 Å². The molecule has 0 aromatic heterocycles. The maximum atomic E-state index is 14.0. The Kier molecular flexibility index (Phi) is 3.80. The lowest BCUT2D eigenvalue weighted by Crippen LogP contribution is -2.34. The number of anilines is 2. The maximum absolute atomic E-state index is 14.0. The fourth-order valence-electron chi connectivity index (χ4n) is 1.99. The summed E-state index contributed by atoms with van der Waals surface area (Å²) < 4.78 is 14.0. The lowest BCUT2D eigenvalue weighted by Gasteiger charge is -2.17. The number of amides is 2. The van der Waals surface area contributed by atoms with Gasteiger partial charge in [0.1, 0.15) is 5.82 Å². The Morgan fingerprint density at radius 1 is 1.58 bits per heavy atom. The normalized spacial score (nSPS) is 18.8. The lowest BCUT2D eigenvalue weighted by atomic mass is 10.2. The van der Waals surface area contributed by atoms with Gasteiger partial charge in [-0.25, -0.2) is 4.39 Å². The third kappa shape index (κ3) is 2.73. The van der Waals surface area contributed by atoms with Crippen LogP contribution in [0.4, 0.5) is 15.8 Å². The fourth-order valence-corrected chi connectivity index (χ4v) is 1.99. The molecule has 1 fully saturated rings. The highest BCUT2D eigenvalue weighted by Gasteiger charge is 2.31. The molecule has 1 heterocycles. The summed E-state index contributed by atoms with van der Waals surface area (Å²) in [5, 5.41) is 2.56. The van der Waals surface area contributed by atoms with Crippen molar-refractivity contribution in [3.05, 3.63) is 24.0 Å². The molecule has 19 heavy (non-hydrogen) atoms. The van der Waals surface area contributed by atoms with Crippen LogP contribution in [0.25, 0.3) is 0 Å². The number of benzene rings is 1. The molecule has 1 saturated heterocycles. The Morgan fingerprint density at radius 2 is 2.32 bits per heavy atom. The highest BCUT2D eigenvalue weighted by Crippen LogP contribution is 2.26. The minimum atomic E-state index is -0.557. The first-order valence-corrected chi connectivity index (χ1v) is 6.19. The average molecular weight is 265 g/mol. The molecule has 1 atom stereocenters. The number of carbonyl (C=O) groups is 2. The third-order valence-electron chi connectivity index (χ3n) is 3.09. The molecule has 0 radical (unpaired) electrons. The van der Waals surface area contributed by atoms with E-state index in [9.17, 15) is 14.0 Å². The van der Waals surface area contributed by atoms with Crippen LogP contribution in [0.5, 0.6) is 0 Å². The Labute approximate surface area is 110 Å². The molecule has 3 N–H and O–H groups in total. The van der Waals surface area contributed by atoms with Gasteiger partial charge in [-0.05, 0) is 24.6 Å². The number of carbonyl (C=O) groups excluding carboxylic acids is 2. The molecular weight excluding hydrogens is 249 g/mol. The zero-order chi connectivity index (χ0) is 14.0. The summed E-state index contributed by atoms with van der Waals surface area (Å²) in [5.41, 5.74) is 6.18. The van der Waals surface area contributed by atoms with Crippen LogP contribution in [0.1, 0.15) is 19.8 Å². The van der Waals surface area contributed by atoms with Gasteiger partial charge in [0.2, 0.25) is 11.8 Å². The summed E-state index contributed by atoms with van der Waals surface area (Å²) in [4.78, 5) is 24.3. The second-order valence-electron chi connectivity index (χ2n) is 4.45. The maximum Gasteiger partial charge on any atom is 0.244 e. The molecule has 1 aromatic rings. The molecular formula is C13H16FN3O2. The van der Waals surface area contributed by atoms with Crippen LogP contribution in [-0.2, 0) is 9.59 Å². The molecule has 0 aliphatic carbocycles. The predicted octanol–water partition coefficient (Wildman–Crippen LogP) is 1.24. The van der Waals surface area contributed by atoms with Crippen molar-refractivity contribution in [2.75, 3.05) is 16.8 Å². The summed E-state index contributed by atoms with van der Waals surface area (Å²) in [5.74, 6) is -1.01. The van der Waals surface area contributed by atoms with E-state index < -0.39 is 11.9 Å². The summed E-state index contributed by atoms with van der Waals surface area (Å²) in [7, 11) is 0. The molecule has 6 heteroatoms. The van der Waals surface area contributed by atoms with Crippen molar-refractivity contribution < 1.29 is 14.0 Å². The zero-order valence-corrected chi connectivity index (χ0v) is 10.6. The van der Waals surface area contributed by atoms with E-state index in [2.05, 4.69) is 5.32 Å². The largest absolute Gasteiger partial charge is 0.326 e. The summed E-state index contributed by atoms with van der Waals surface area (Å²) in [6.45, 7) is 2.13. The van der Waals surface area contributed by atoms with Gasteiger partial charge in [-0.3, -0.25) is 9.59 Å². The first-order chi connectivity index (χ1) is 9.02. The molecule has 0 saturated carbocycles. The number of nitrogens with two attached hydrogens (primary N) is 1. The standard InChI is InChI=1S/C13H16FN3O2/c1-2-12(18)16-8-3-4-11(9(14)7-8)17-6-5-10(15)13(17)19/h3-4,7,10H,2,5-6,15H2,1H3,(H,16,18)/t10-/m0/s1. The van der Waals surface area contributed by atoms with Crippen LogP contribution in [0.2, 0.25) is 0 Å². The second kappa shape index (κ2) is 5.36. The van der Waals surface area contributed by atoms with Gasteiger partial charge in [0.25, 0.3) is 0 Å². The van der Waals surface area contributed by atoms with E-state index in [0.29, 0.717) is 25.1 Å². The number of nitrogens with zero attached hydrogens (tertiary/aromatic N) is 1. The number of halogens is 1. The van der Waals surface area contributed by atoms with E-state index in [0.717, 1.165) is 0 Å². The summed E-state index contributed by atoms with van der Waals surface area (Å²) >= 11 is 0. The molecule has 0 bridgehead atoms. The molecule has 1 aliphatic heterocycles. The molecule has 1 aromatic carbocycles. The van der Waals surface area contributed by atoms with E-state index in [1.54, 1.807) is 13.0 Å². The van der Waals surface area contributed by atoms with Crippen LogP contribution in [0, 0.1) is 5.82 Å². The van der Waals surface area contributed by atoms with Crippen molar-refractivity contribution in [3.63, 3.8) is 0 Å². The number of rotatable bonds is 3. The topological polar surface area (TPSA) is 75.4 Å². The van der Waals surface area contributed by atoms with Gasteiger partial charge in [-0.1, -0.05) is 6.92 Å². The minimum Gasteiger partial charge on any atom is -0.326 e. The monoisotopic (exact) mass is 265 g/mol. The zero-order valence-electron chi connectivity index (χ0n) is 10.6. The van der Waals surface area contributed by atoms with E-state index in [-0.39, 0.29) is 17.5 Å². The van der Waals surface area contributed by atoms with Gasteiger partial charge < -0.3 is 16.0 Å². The van der Waals surface area contributed by atoms with Gasteiger partial charge in [-0.2, -0.15) is 0 Å². The van der Waals surface area contributed by atoms with Gasteiger partial charge in [0, 0.05) is 18.7 Å². The van der Waals surface area contributed by atoms with Crippen LogP contribution in [0.15, 0.2) is 18.2 Å². The smallest absolute Gasteiger partial charge is 0.244 e. The summed E-state index contributed by atoms with van der Waals surface area (Å²) in [6, 6.07) is 3.71. The second-order valence-corrected chi connectivity index (χ2v) is 4.45. The van der Waals surface area contributed by atoms with Gasteiger partial charge in [-0.15, -0.1) is 0 Å². The number of hydrogen-bond acceptors (Lipinski definition) is 3. The molecule has 0 spiro atoms. The van der Waals surface area contributed by atoms with Crippen molar-refractivity contribution in [1.82, 2.24) is 0 Å². The van der Waals surface area contributed by atoms with E-state index in [4.69, 9.17) is 5.73 Å². The quantitative estimate of drug-likeness (QED) is 0.863. The van der Waals surface area contributed by atoms with Gasteiger partial charge in [0.15, 0.2) is 0 Å². The van der Waals surface area contributed by atoms with Crippen molar-refractivity contribution >= 4 is 23.2 Å². The Hall–Kier alpha value is -1.95. The molecule has 2 rings (SSSR count). The lowest BCUT2D eigenvalue weighted by molar-refractivity contribution is -0.118.